The molecule has 0 fully saturated rings. The van der Waals surface area contributed by atoms with E-state index < -0.39 is 5.97 Å². The molecule has 84 valence electrons. The second-order valence-corrected chi connectivity index (χ2v) is 3.45. The number of carboxylic acid groups (broad SMARTS) is 1. The van der Waals surface area contributed by atoms with Crippen molar-refractivity contribution >= 4 is 29.2 Å². The van der Waals surface area contributed by atoms with Crippen LogP contribution < -0.4 is 5.32 Å². The van der Waals surface area contributed by atoms with Crippen LogP contribution in [0.3, 0.4) is 0 Å². The minimum absolute atomic E-state index is 0.0757. The van der Waals surface area contributed by atoms with Gasteiger partial charge in [0.05, 0.1) is 16.3 Å². The topological polar surface area (TPSA) is 66.4 Å². The predicted octanol–water partition coefficient (Wildman–Crippen LogP) is 2.55. The molecule has 0 heterocycles. The van der Waals surface area contributed by atoms with Gasteiger partial charge < -0.3 is 10.4 Å². The van der Waals surface area contributed by atoms with Gasteiger partial charge in [0.1, 0.15) is 0 Å². The van der Waals surface area contributed by atoms with Gasteiger partial charge in [-0.2, -0.15) is 0 Å². The maximum atomic E-state index is 11.2. The Morgan fingerprint density at radius 3 is 2.69 bits per heavy atom. The molecule has 5 heteroatoms. The van der Waals surface area contributed by atoms with E-state index in [-0.39, 0.29) is 22.9 Å². The van der Waals surface area contributed by atoms with E-state index in [1.54, 1.807) is 0 Å². The van der Waals surface area contributed by atoms with Crippen LogP contribution in [0.15, 0.2) is 30.9 Å². The summed E-state index contributed by atoms with van der Waals surface area (Å²) in [5.41, 5.74) is 0.463. The van der Waals surface area contributed by atoms with Gasteiger partial charge >= 0.3 is 5.97 Å². The Balaban J connectivity index is 2.87. The normalized spacial score (nSPS) is 9.56. The van der Waals surface area contributed by atoms with Crippen LogP contribution in [0.4, 0.5) is 5.69 Å². The summed E-state index contributed by atoms with van der Waals surface area (Å²) in [5, 5.41) is 11.4. The highest BCUT2D eigenvalue weighted by atomic mass is 35.5. The highest BCUT2D eigenvalue weighted by Gasteiger charge is 2.08. The molecule has 0 radical (unpaired) electrons. The summed E-state index contributed by atoms with van der Waals surface area (Å²) in [5.74, 6) is -1.31. The van der Waals surface area contributed by atoms with Gasteiger partial charge in [-0.15, -0.1) is 6.58 Å². The highest BCUT2D eigenvalue weighted by molar-refractivity contribution is 6.34. The van der Waals surface area contributed by atoms with E-state index in [4.69, 9.17) is 16.7 Å². The van der Waals surface area contributed by atoms with Crippen LogP contribution >= 0.6 is 11.6 Å². The molecule has 1 aromatic rings. The number of nitrogens with one attached hydrogen (secondary N) is 1. The molecule has 0 unspecified atom stereocenters. The molecule has 0 atom stereocenters. The van der Waals surface area contributed by atoms with Crippen molar-refractivity contribution in [1.82, 2.24) is 0 Å². The van der Waals surface area contributed by atoms with Gasteiger partial charge in [-0.25, -0.2) is 4.79 Å². The zero-order valence-corrected chi connectivity index (χ0v) is 9.12. The Labute approximate surface area is 97.5 Å². The molecule has 0 aliphatic carbocycles. The minimum Gasteiger partial charge on any atom is -0.478 e. The molecular weight excluding hydrogens is 230 g/mol. The van der Waals surface area contributed by atoms with Crippen molar-refractivity contribution in [3.8, 4) is 0 Å². The average Bonchev–Trinajstić information content (AvgIpc) is 2.21. The molecule has 0 saturated carbocycles. The Kier molecular flexibility index (Phi) is 4.08. The number of carboxylic acids is 1. The number of hydrogen-bond acceptors (Lipinski definition) is 2. The van der Waals surface area contributed by atoms with Gasteiger partial charge in [0.15, 0.2) is 0 Å². The molecule has 2 N–H and O–H groups in total. The van der Waals surface area contributed by atoms with Crippen LogP contribution in [0.25, 0.3) is 0 Å². The molecule has 0 saturated heterocycles. The first-order valence-corrected chi connectivity index (χ1v) is 4.86. The summed E-state index contributed by atoms with van der Waals surface area (Å²) in [6, 6.07) is 4.11. The quantitative estimate of drug-likeness (QED) is 0.794. The number of carbonyl (C=O) groups is 2. The predicted molar refractivity (Wildman–Crippen MR) is 61.9 cm³/mol. The second-order valence-electron chi connectivity index (χ2n) is 3.04. The van der Waals surface area contributed by atoms with E-state index in [2.05, 4.69) is 11.9 Å². The van der Waals surface area contributed by atoms with Crippen molar-refractivity contribution < 1.29 is 14.7 Å². The Morgan fingerprint density at radius 1 is 1.50 bits per heavy atom. The van der Waals surface area contributed by atoms with Crippen LogP contribution in [0.1, 0.15) is 16.8 Å². The number of aromatic carboxylic acids is 1. The zero-order chi connectivity index (χ0) is 12.1. The van der Waals surface area contributed by atoms with E-state index in [0.717, 1.165) is 0 Å². The van der Waals surface area contributed by atoms with E-state index >= 15 is 0 Å². The van der Waals surface area contributed by atoms with Gasteiger partial charge in [0.25, 0.3) is 0 Å². The largest absolute Gasteiger partial charge is 0.478 e. The van der Waals surface area contributed by atoms with Crippen molar-refractivity contribution in [1.29, 1.82) is 0 Å². The van der Waals surface area contributed by atoms with Crippen LogP contribution in [-0.2, 0) is 4.79 Å². The molecule has 0 spiro atoms. The molecule has 1 amide bonds. The molecule has 0 aliphatic heterocycles. The lowest BCUT2D eigenvalue weighted by molar-refractivity contribution is -0.115. The van der Waals surface area contributed by atoms with E-state index in [9.17, 15) is 9.59 Å². The monoisotopic (exact) mass is 239 g/mol. The number of carbonyl (C=O) groups excluding carboxylic acids is 1. The van der Waals surface area contributed by atoms with E-state index in [1.807, 2.05) is 0 Å². The van der Waals surface area contributed by atoms with Crippen LogP contribution in [0, 0.1) is 0 Å². The molecule has 0 aromatic heterocycles. The molecule has 4 nitrogen and oxygen atoms in total. The number of hydrogen-bond donors (Lipinski definition) is 2. The van der Waals surface area contributed by atoms with Gasteiger partial charge in [-0.3, -0.25) is 4.79 Å². The number of benzene rings is 1. The second kappa shape index (κ2) is 5.32. The fraction of sp³-hybridized carbons (Fsp3) is 0.0909. The van der Waals surface area contributed by atoms with Crippen LogP contribution in [-0.4, -0.2) is 17.0 Å². The van der Waals surface area contributed by atoms with Gasteiger partial charge in [0.2, 0.25) is 5.91 Å². The average molecular weight is 240 g/mol. The Bertz CT molecular complexity index is 443. The molecule has 16 heavy (non-hydrogen) atoms. The van der Waals surface area contributed by atoms with Crippen molar-refractivity contribution in [2.24, 2.45) is 0 Å². The first-order chi connectivity index (χ1) is 7.54. The summed E-state index contributed by atoms with van der Waals surface area (Å²) in [7, 11) is 0. The molecular formula is C11H10ClNO3. The van der Waals surface area contributed by atoms with Gasteiger partial charge in [-0.1, -0.05) is 17.7 Å². The van der Waals surface area contributed by atoms with Crippen molar-refractivity contribution in [3.63, 3.8) is 0 Å². The third-order valence-electron chi connectivity index (χ3n) is 1.82. The fourth-order valence-electron chi connectivity index (χ4n) is 1.08. The third-order valence-corrected chi connectivity index (χ3v) is 2.13. The summed E-state index contributed by atoms with van der Waals surface area (Å²) < 4.78 is 0. The Hall–Kier alpha value is -1.81. The third kappa shape index (κ3) is 3.10. The first-order valence-electron chi connectivity index (χ1n) is 4.48. The van der Waals surface area contributed by atoms with Gasteiger partial charge in [-0.05, 0) is 18.2 Å². The molecule has 0 aliphatic rings. The lowest BCUT2D eigenvalue weighted by Crippen LogP contribution is -2.10. The van der Waals surface area contributed by atoms with Crippen molar-refractivity contribution in [2.75, 3.05) is 5.32 Å². The molecule has 1 aromatic carbocycles. The first kappa shape index (κ1) is 12.3. The number of amides is 1. The van der Waals surface area contributed by atoms with Crippen molar-refractivity contribution in [3.05, 3.63) is 41.4 Å². The van der Waals surface area contributed by atoms with Gasteiger partial charge in [0, 0.05) is 6.42 Å². The molecule has 1 rings (SSSR count). The molecule has 0 bridgehead atoms. The standard InChI is InChI=1S/C11H10ClNO3/c1-2-3-10(14)13-9-5-4-7(11(15)16)6-8(9)12/h2,4-6H,1,3H2,(H,13,14)(H,15,16). The zero-order valence-electron chi connectivity index (χ0n) is 8.37. The lowest BCUT2D eigenvalue weighted by atomic mass is 10.2. The fourth-order valence-corrected chi connectivity index (χ4v) is 1.31. The minimum atomic E-state index is -1.06. The lowest BCUT2D eigenvalue weighted by Gasteiger charge is -2.06. The summed E-state index contributed by atoms with van der Waals surface area (Å²) in [6.07, 6.45) is 1.64. The maximum Gasteiger partial charge on any atom is 0.335 e. The van der Waals surface area contributed by atoms with E-state index in [1.165, 1.54) is 24.3 Å². The summed E-state index contributed by atoms with van der Waals surface area (Å²) in [6.45, 7) is 3.43. The number of anilines is 1. The van der Waals surface area contributed by atoms with Crippen molar-refractivity contribution in [2.45, 2.75) is 6.42 Å². The summed E-state index contributed by atoms with van der Waals surface area (Å²) >= 11 is 5.81. The van der Waals surface area contributed by atoms with E-state index in [0.29, 0.717) is 5.69 Å². The smallest absolute Gasteiger partial charge is 0.335 e. The Morgan fingerprint density at radius 2 is 2.19 bits per heavy atom. The number of rotatable bonds is 4. The number of halogens is 1. The summed E-state index contributed by atoms with van der Waals surface area (Å²) in [4.78, 5) is 21.9. The highest BCUT2D eigenvalue weighted by Crippen LogP contribution is 2.23. The maximum absolute atomic E-state index is 11.2. The SMILES string of the molecule is C=CCC(=O)Nc1ccc(C(=O)O)cc1Cl. The van der Waals surface area contributed by atoms with Crippen LogP contribution in [0.5, 0.6) is 0 Å². The van der Waals surface area contributed by atoms with Crippen LogP contribution in [0.2, 0.25) is 5.02 Å².